The van der Waals surface area contributed by atoms with Gasteiger partial charge in [-0.25, -0.2) is 8.97 Å². The number of fused-ring (bicyclic) bond motifs is 1. The summed E-state index contributed by atoms with van der Waals surface area (Å²) >= 11 is 0. The van der Waals surface area contributed by atoms with Crippen LogP contribution in [0.5, 0.6) is 0 Å². The van der Waals surface area contributed by atoms with E-state index >= 15 is 0 Å². The standard InChI is InChI=1S/C31H30N3.HI/c1-4-34-30(28-16-14-27(15-17-28)26-8-6-5-7-9-26)23-33-21-20-25(22-31(33)34)11-10-24-12-18-29(19-13-24)32(2)3;/h5-23H,4H2,1-3H3;1H/q+1;/p-1. The van der Waals surface area contributed by atoms with E-state index in [2.05, 4.69) is 150 Å². The molecular formula is C31H30IN3. The molecule has 5 rings (SSSR count). The average Bonchev–Trinajstić information content (AvgIpc) is 3.26. The van der Waals surface area contributed by atoms with Gasteiger partial charge in [0.15, 0.2) is 5.69 Å². The number of aryl methyl sites for hydroxylation is 1. The number of imidazole rings is 1. The van der Waals surface area contributed by atoms with Crippen molar-refractivity contribution in [1.29, 1.82) is 0 Å². The lowest BCUT2D eigenvalue weighted by Crippen LogP contribution is -3.00. The maximum atomic E-state index is 2.38. The molecule has 35 heavy (non-hydrogen) atoms. The molecule has 0 atom stereocenters. The molecule has 2 aromatic heterocycles. The number of hydrogen-bond donors (Lipinski definition) is 0. The van der Waals surface area contributed by atoms with E-state index in [1.165, 1.54) is 44.8 Å². The highest BCUT2D eigenvalue weighted by Crippen LogP contribution is 2.26. The first-order valence-corrected chi connectivity index (χ1v) is 11.8. The highest BCUT2D eigenvalue weighted by atomic mass is 127. The van der Waals surface area contributed by atoms with Crippen molar-refractivity contribution in [1.82, 2.24) is 4.57 Å². The van der Waals surface area contributed by atoms with Gasteiger partial charge in [0, 0.05) is 31.4 Å². The SMILES string of the molecule is CCn1c(-c2ccc(-c3ccccc3)cc2)c[n+]2ccc(/C=C/c3ccc(N(C)C)cc3)cc12.[I-]. The van der Waals surface area contributed by atoms with E-state index in [0.717, 1.165) is 6.54 Å². The maximum Gasteiger partial charge on any atom is 0.287 e. The van der Waals surface area contributed by atoms with E-state index in [-0.39, 0.29) is 24.0 Å². The molecule has 2 heterocycles. The van der Waals surface area contributed by atoms with Gasteiger partial charge in [0.25, 0.3) is 5.65 Å². The molecular weight excluding hydrogens is 541 g/mol. The average molecular weight is 572 g/mol. The molecule has 4 heteroatoms. The van der Waals surface area contributed by atoms with Gasteiger partial charge in [-0.2, -0.15) is 0 Å². The molecule has 0 aliphatic carbocycles. The minimum Gasteiger partial charge on any atom is -1.00 e. The zero-order valence-corrected chi connectivity index (χ0v) is 22.6. The van der Waals surface area contributed by atoms with Gasteiger partial charge in [-0.15, -0.1) is 0 Å². The summed E-state index contributed by atoms with van der Waals surface area (Å²) in [5, 5.41) is 0. The van der Waals surface area contributed by atoms with E-state index in [1.54, 1.807) is 0 Å². The largest absolute Gasteiger partial charge is 1.00 e. The van der Waals surface area contributed by atoms with Crippen molar-refractivity contribution in [2.45, 2.75) is 13.5 Å². The summed E-state index contributed by atoms with van der Waals surface area (Å²) in [5.74, 6) is 0. The molecule has 0 unspecified atom stereocenters. The minimum absolute atomic E-state index is 0. The Labute approximate surface area is 225 Å². The molecule has 0 saturated carbocycles. The van der Waals surface area contributed by atoms with Crippen molar-refractivity contribution >= 4 is 23.5 Å². The Balaban J connectivity index is 0.00000289. The van der Waals surface area contributed by atoms with Gasteiger partial charge < -0.3 is 28.9 Å². The van der Waals surface area contributed by atoms with E-state index in [4.69, 9.17) is 0 Å². The number of anilines is 1. The summed E-state index contributed by atoms with van der Waals surface area (Å²) in [6.07, 6.45) is 8.74. The van der Waals surface area contributed by atoms with Crippen LogP contribution in [0.1, 0.15) is 18.1 Å². The van der Waals surface area contributed by atoms with Gasteiger partial charge in [-0.05, 0) is 59.5 Å². The summed E-state index contributed by atoms with van der Waals surface area (Å²) in [7, 11) is 4.12. The zero-order chi connectivity index (χ0) is 23.5. The van der Waals surface area contributed by atoms with Gasteiger partial charge in [0.1, 0.15) is 6.20 Å². The zero-order valence-electron chi connectivity index (χ0n) is 20.4. The van der Waals surface area contributed by atoms with Gasteiger partial charge in [0.05, 0.1) is 12.7 Å². The first kappa shape index (κ1) is 24.7. The van der Waals surface area contributed by atoms with Gasteiger partial charge in [-0.1, -0.05) is 66.7 Å². The van der Waals surface area contributed by atoms with Gasteiger partial charge in [0.2, 0.25) is 0 Å². The number of benzene rings is 3. The highest BCUT2D eigenvalue weighted by molar-refractivity contribution is 5.73. The first-order valence-electron chi connectivity index (χ1n) is 11.8. The lowest BCUT2D eigenvalue weighted by Gasteiger charge is -2.11. The smallest absolute Gasteiger partial charge is 0.287 e. The lowest BCUT2D eigenvalue weighted by atomic mass is 10.0. The van der Waals surface area contributed by atoms with Crippen molar-refractivity contribution < 1.29 is 28.4 Å². The first-order chi connectivity index (χ1) is 16.6. The number of hydrogen-bond acceptors (Lipinski definition) is 1. The predicted molar refractivity (Wildman–Crippen MR) is 144 cm³/mol. The fourth-order valence-electron chi connectivity index (χ4n) is 4.37. The van der Waals surface area contributed by atoms with Crippen LogP contribution in [0.2, 0.25) is 0 Å². The number of pyridine rings is 1. The monoisotopic (exact) mass is 571 g/mol. The fourth-order valence-corrected chi connectivity index (χ4v) is 4.37. The van der Waals surface area contributed by atoms with Crippen LogP contribution in [-0.4, -0.2) is 18.7 Å². The minimum atomic E-state index is 0. The topological polar surface area (TPSA) is 12.3 Å². The van der Waals surface area contributed by atoms with Crippen molar-refractivity contribution in [3.63, 3.8) is 0 Å². The maximum absolute atomic E-state index is 2.38. The molecule has 0 spiro atoms. The quantitative estimate of drug-likeness (QED) is 0.223. The molecule has 0 saturated heterocycles. The highest BCUT2D eigenvalue weighted by Gasteiger charge is 2.18. The van der Waals surface area contributed by atoms with Crippen molar-refractivity contribution in [2.75, 3.05) is 19.0 Å². The Morgan fingerprint density at radius 3 is 2.03 bits per heavy atom. The molecule has 176 valence electrons. The predicted octanol–water partition coefficient (Wildman–Crippen LogP) is 3.82. The summed E-state index contributed by atoms with van der Waals surface area (Å²) in [4.78, 5) is 2.12. The molecule has 3 nitrogen and oxygen atoms in total. The third-order valence-electron chi connectivity index (χ3n) is 6.30. The van der Waals surface area contributed by atoms with E-state index in [9.17, 15) is 0 Å². The molecule has 0 aliphatic rings. The molecule has 0 amide bonds. The van der Waals surface area contributed by atoms with Crippen LogP contribution in [0.15, 0.2) is 103 Å². The second-order valence-electron chi connectivity index (χ2n) is 8.75. The Hall–Kier alpha value is -3.38. The molecule has 0 N–H and O–H groups in total. The number of aromatic nitrogens is 2. The van der Waals surface area contributed by atoms with Crippen LogP contribution < -0.4 is 33.3 Å². The van der Waals surface area contributed by atoms with Crippen LogP contribution in [0.4, 0.5) is 5.69 Å². The number of rotatable bonds is 6. The Morgan fingerprint density at radius 1 is 0.743 bits per heavy atom. The normalized spacial score (nSPS) is 11.1. The third-order valence-corrected chi connectivity index (χ3v) is 6.30. The van der Waals surface area contributed by atoms with E-state index < -0.39 is 0 Å². The molecule has 3 aromatic carbocycles. The van der Waals surface area contributed by atoms with Crippen molar-refractivity contribution in [3.05, 3.63) is 115 Å². The molecule has 0 bridgehead atoms. The van der Waals surface area contributed by atoms with E-state index in [1.807, 2.05) is 0 Å². The Morgan fingerprint density at radius 2 is 1.37 bits per heavy atom. The molecule has 0 aliphatic heterocycles. The summed E-state index contributed by atoms with van der Waals surface area (Å²) in [5.41, 5.74) is 9.72. The van der Waals surface area contributed by atoms with Crippen LogP contribution in [0.25, 0.3) is 40.2 Å². The Bertz CT molecular complexity index is 1430. The van der Waals surface area contributed by atoms with Crippen molar-refractivity contribution in [3.8, 4) is 22.4 Å². The summed E-state index contributed by atoms with van der Waals surface area (Å²) < 4.78 is 4.59. The van der Waals surface area contributed by atoms with Crippen LogP contribution >= 0.6 is 0 Å². The van der Waals surface area contributed by atoms with Crippen molar-refractivity contribution in [2.24, 2.45) is 0 Å². The molecule has 5 aromatic rings. The van der Waals surface area contributed by atoms with Gasteiger partial charge in [-0.3, -0.25) is 0 Å². The second kappa shape index (κ2) is 10.9. The van der Waals surface area contributed by atoms with Crippen LogP contribution in [0.3, 0.4) is 0 Å². The fraction of sp³-hybridized carbons (Fsp3) is 0.129. The third kappa shape index (κ3) is 5.33. The summed E-state index contributed by atoms with van der Waals surface area (Å²) in [6.45, 7) is 3.11. The molecule has 0 fully saturated rings. The molecule has 0 radical (unpaired) electrons. The lowest BCUT2D eigenvalue weighted by molar-refractivity contribution is -0.510. The summed E-state index contributed by atoms with van der Waals surface area (Å²) in [6, 6.07) is 32.4. The number of halogens is 1. The second-order valence-corrected chi connectivity index (χ2v) is 8.75. The van der Waals surface area contributed by atoms with E-state index in [0.29, 0.717) is 0 Å². The van der Waals surface area contributed by atoms with Gasteiger partial charge >= 0.3 is 0 Å². The van der Waals surface area contributed by atoms with Crippen LogP contribution in [0, 0.1) is 0 Å². The van der Waals surface area contributed by atoms with Crippen LogP contribution in [-0.2, 0) is 6.54 Å². The number of nitrogens with zero attached hydrogens (tertiary/aromatic N) is 3. The Kier molecular flexibility index (Phi) is 7.71.